The maximum absolute atomic E-state index is 13.3. The van der Waals surface area contributed by atoms with Gasteiger partial charge in [0.2, 0.25) is 5.78 Å². The van der Waals surface area contributed by atoms with Crippen molar-refractivity contribution in [3.63, 3.8) is 0 Å². The smallest absolute Gasteiger partial charge is 0.308 e. The SMILES string of the molecule is CC(=O)Oc1c(O)c(CC(C)O)c(O)c2c1C1(C)CC(OC(C)=O)CC(C)(C)C1=C(O)C2=O. The molecule has 0 aliphatic heterocycles. The van der Waals surface area contributed by atoms with Crippen molar-refractivity contribution in [2.75, 3.05) is 0 Å². The standard InChI is InChI=1S/C24H30O9/c1-10(25)7-14-17(28)15-16(21(18(14)29)33-12(3)27)24(6)9-13(32-11(2)26)8-23(4,5)22(24)20(31)19(15)30/h10,13,25,28-29,31H,7-9H2,1-6H3. The number of benzene rings is 1. The first-order chi connectivity index (χ1) is 15.1. The highest BCUT2D eigenvalue weighted by Gasteiger charge is 2.56. The van der Waals surface area contributed by atoms with E-state index in [-0.39, 0.29) is 35.3 Å². The predicted molar refractivity (Wildman–Crippen MR) is 116 cm³/mol. The summed E-state index contributed by atoms with van der Waals surface area (Å²) in [5.41, 5.74) is -2.18. The monoisotopic (exact) mass is 462 g/mol. The normalized spacial score (nSPS) is 24.6. The molecule has 0 radical (unpaired) electrons. The first-order valence-corrected chi connectivity index (χ1v) is 10.8. The number of ketones is 1. The van der Waals surface area contributed by atoms with E-state index in [2.05, 4.69) is 0 Å². The van der Waals surface area contributed by atoms with E-state index in [1.165, 1.54) is 13.8 Å². The first-order valence-electron chi connectivity index (χ1n) is 10.8. The summed E-state index contributed by atoms with van der Waals surface area (Å²) in [6, 6.07) is 0. The van der Waals surface area contributed by atoms with E-state index < -0.39 is 58.0 Å². The summed E-state index contributed by atoms with van der Waals surface area (Å²) in [6.45, 7) is 9.09. The Morgan fingerprint density at radius 2 is 1.67 bits per heavy atom. The number of hydrogen-bond donors (Lipinski definition) is 4. The van der Waals surface area contributed by atoms with Crippen molar-refractivity contribution in [3.05, 3.63) is 28.0 Å². The third-order valence-electron chi connectivity index (χ3n) is 6.41. The fourth-order valence-corrected chi connectivity index (χ4v) is 5.64. The molecule has 2 aliphatic carbocycles. The van der Waals surface area contributed by atoms with Crippen LogP contribution in [0.3, 0.4) is 0 Å². The summed E-state index contributed by atoms with van der Waals surface area (Å²) in [6.07, 6.45) is -1.40. The van der Waals surface area contributed by atoms with Gasteiger partial charge in [0.25, 0.3) is 0 Å². The van der Waals surface area contributed by atoms with Gasteiger partial charge in [0.05, 0.1) is 11.7 Å². The number of aliphatic hydroxyl groups is 2. The number of Topliss-reactive ketones (excluding diaryl/α,β-unsaturated/α-hetero) is 1. The number of carbonyl (C=O) groups excluding carboxylic acids is 3. The third kappa shape index (κ3) is 3.94. The zero-order chi connectivity index (χ0) is 25.0. The third-order valence-corrected chi connectivity index (χ3v) is 6.41. The Labute approximate surface area is 191 Å². The molecule has 1 fully saturated rings. The summed E-state index contributed by atoms with van der Waals surface area (Å²) < 4.78 is 10.8. The highest BCUT2D eigenvalue weighted by atomic mass is 16.5. The molecule has 9 heteroatoms. The van der Waals surface area contributed by atoms with Gasteiger partial charge in [0, 0.05) is 36.8 Å². The molecule has 0 saturated heterocycles. The molecule has 4 N–H and O–H groups in total. The molecule has 0 heterocycles. The average Bonchev–Trinajstić information content (AvgIpc) is 2.63. The number of aliphatic hydroxyl groups excluding tert-OH is 2. The Kier molecular flexibility index (Phi) is 6.00. The van der Waals surface area contributed by atoms with Crippen LogP contribution in [-0.2, 0) is 26.2 Å². The van der Waals surface area contributed by atoms with Crippen molar-refractivity contribution in [2.24, 2.45) is 5.41 Å². The van der Waals surface area contributed by atoms with Crippen LogP contribution in [0.4, 0.5) is 0 Å². The zero-order valence-electron chi connectivity index (χ0n) is 19.6. The van der Waals surface area contributed by atoms with Crippen molar-refractivity contribution in [1.82, 2.24) is 0 Å². The van der Waals surface area contributed by atoms with Crippen LogP contribution in [0, 0.1) is 5.41 Å². The van der Waals surface area contributed by atoms with Crippen molar-refractivity contribution in [1.29, 1.82) is 0 Å². The van der Waals surface area contributed by atoms with Crippen LogP contribution in [0.5, 0.6) is 17.2 Å². The highest BCUT2D eigenvalue weighted by Crippen LogP contribution is 2.61. The quantitative estimate of drug-likeness (QED) is 0.391. The summed E-state index contributed by atoms with van der Waals surface area (Å²) in [7, 11) is 0. The largest absolute Gasteiger partial charge is 0.507 e. The Morgan fingerprint density at radius 1 is 1.06 bits per heavy atom. The van der Waals surface area contributed by atoms with Gasteiger partial charge in [-0.1, -0.05) is 20.8 Å². The molecule has 9 nitrogen and oxygen atoms in total. The van der Waals surface area contributed by atoms with Crippen LogP contribution in [0.1, 0.15) is 75.9 Å². The van der Waals surface area contributed by atoms with Gasteiger partial charge in [-0.25, -0.2) is 0 Å². The molecule has 0 bridgehead atoms. The van der Waals surface area contributed by atoms with Gasteiger partial charge in [-0.2, -0.15) is 0 Å². The lowest BCUT2D eigenvalue weighted by molar-refractivity contribution is -0.149. The van der Waals surface area contributed by atoms with E-state index in [0.29, 0.717) is 12.0 Å². The van der Waals surface area contributed by atoms with Gasteiger partial charge in [-0.15, -0.1) is 0 Å². The number of hydrogen-bond acceptors (Lipinski definition) is 9. The predicted octanol–water partition coefficient (Wildman–Crippen LogP) is 2.96. The molecule has 1 saturated carbocycles. The molecule has 0 aromatic heterocycles. The minimum atomic E-state index is -1.24. The van der Waals surface area contributed by atoms with E-state index in [1.807, 2.05) is 0 Å². The van der Waals surface area contributed by atoms with E-state index in [4.69, 9.17) is 9.47 Å². The number of phenolic OH excluding ortho intramolecular Hbond substituents is 2. The lowest BCUT2D eigenvalue weighted by Crippen LogP contribution is -2.49. The summed E-state index contributed by atoms with van der Waals surface area (Å²) in [5, 5.41) is 42.9. The maximum atomic E-state index is 13.3. The Hall–Kier alpha value is -3.07. The molecule has 3 atom stereocenters. The van der Waals surface area contributed by atoms with Crippen molar-refractivity contribution in [3.8, 4) is 17.2 Å². The van der Waals surface area contributed by atoms with Gasteiger partial charge in [-0.3, -0.25) is 14.4 Å². The molecule has 0 spiro atoms. The lowest BCUT2D eigenvalue weighted by Gasteiger charge is -2.51. The molecule has 180 valence electrons. The fraction of sp³-hybridized carbons (Fsp3) is 0.542. The van der Waals surface area contributed by atoms with Gasteiger partial charge in [0.15, 0.2) is 17.3 Å². The number of phenols is 2. The van der Waals surface area contributed by atoms with E-state index >= 15 is 0 Å². The molecule has 33 heavy (non-hydrogen) atoms. The van der Waals surface area contributed by atoms with Crippen LogP contribution in [-0.4, -0.2) is 50.4 Å². The van der Waals surface area contributed by atoms with Crippen molar-refractivity contribution in [2.45, 2.75) is 78.4 Å². The minimum absolute atomic E-state index is 0.0322. The molecule has 0 amide bonds. The second-order valence-electron chi connectivity index (χ2n) is 9.81. The van der Waals surface area contributed by atoms with E-state index in [1.54, 1.807) is 20.8 Å². The Balaban J connectivity index is 2.43. The van der Waals surface area contributed by atoms with Crippen molar-refractivity contribution >= 4 is 17.7 Å². The number of carbonyl (C=O) groups is 3. The number of aromatic hydroxyl groups is 2. The number of esters is 2. The van der Waals surface area contributed by atoms with Gasteiger partial charge < -0.3 is 29.9 Å². The molecule has 1 aromatic carbocycles. The van der Waals surface area contributed by atoms with Gasteiger partial charge in [0.1, 0.15) is 11.9 Å². The Bertz CT molecular complexity index is 1080. The number of ether oxygens (including phenoxy) is 2. The molecule has 1 aromatic rings. The van der Waals surface area contributed by atoms with Gasteiger partial charge >= 0.3 is 11.9 Å². The van der Waals surface area contributed by atoms with Crippen LogP contribution in [0.2, 0.25) is 0 Å². The maximum Gasteiger partial charge on any atom is 0.308 e. The second-order valence-corrected chi connectivity index (χ2v) is 9.81. The summed E-state index contributed by atoms with van der Waals surface area (Å²) in [4.78, 5) is 37.0. The summed E-state index contributed by atoms with van der Waals surface area (Å²) in [5.74, 6) is -4.21. The van der Waals surface area contributed by atoms with E-state index in [9.17, 15) is 34.8 Å². The lowest BCUT2D eigenvalue weighted by atomic mass is 9.53. The van der Waals surface area contributed by atoms with Crippen LogP contribution in [0.15, 0.2) is 11.3 Å². The average molecular weight is 462 g/mol. The molecule has 3 rings (SSSR count). The van der Waals surface area contributed by atoms with E-state index in [0.717, 1.165) is 6.92 Å². The topological polar surface area (TPSA) is 151 Å². The molecular formula is C24H30O9. The van der Waals surface area contributed by atoms with Crippen LogP contribution >= 0.6 is 0 Å². The number of allylic oxidation sites excluding steroid dienone is 2. The summed E-state index contributed by atoms with van der Waals surface area (Å²) >= 11 is 0. The first kappa shape index (κ1) is 24.6. The van der Waals surface area contributed by atoms with Gasteiger partial charge in [-0.05, 0) is 30.8 Å². The van der Waals surface area contributed by atoms with Crippen LogP contribution in [0.25, 0.3) is 0 Å². The van der Waals surface area contributed by atoms with Crippen molar-refractivity contribution < 1.29 is 44.3 Å². The fourth-order valence-electron chi connectivity index (χ4n) is 5.64. The molecule has 2 aliphatic rings. The number of rotatable bonds is 4. The highest BCUT2D eigenvalue weighted by molar-refractivity contribution is 6.14. The van der Waals surface area contributed by atoms with Crippen LogP contribution < -0.4 is 4.74 Å². The minimum Gasteiger partial charge on any atom is -0.507 e. The zero-order valence-corrected chi connectivity index (χ0v) is 19.6. The number of fused-ring (bicyclic) bond motifs is 3. The Morgan fingerprint density at radius 3 is 2.18 bits per heavy atom. The molecule has 3 unspecified atom stereocenters. The second kappa shape index (κ2) is 8.06. The molecular weight excluding hydrogens is 432 g/mol.